The molecule has 3 rings (SSSR count). The van der Waals surface area contributed by atoms with Crippen molar-refractivity contribution in [2.75, 3.05) is 11.9 Å². The van der Waals surface area contributed by atoms with Gasteiger partial charge in [0.25, 0.3) is 0 Å². The van der Waals surface area contributed by atoms with Gasteiger partial charge in [-0.1, -0.05) is 23.5 Å². The lowest BCUT2D eigenvalue weighted by atomic mass is 10.0. The maximum absolute atomic E-state index is 13.6. The third kappa shape index (κ3) is 2.78. The Bertz CT molecular complexity index is 658. The Hall–Kier alpha value is -1.90. The molecule has 0 spiro atoms. The van der Waals surface area contributed by atoms with E-state index in [2.05, 4.69) is 15.5 Å². The monoisotopic (exact) mass is 319 g/mol. The van der Waals surface area contributed by atoms with E-state index in [0.717, 1.165) is 0 Å². The van der Waals surface area contributed by atoms with Crippen LogP contribution < -0.4 is 10.1 Å². The molecule has 0 aliphatic carbocycles. The number of para-hydroxylation sites is 1. The number of anilines is 1. The predicted octanol–water partition coefficient (Wildman–Crippen LogP) is 3.63. The Morgan fingerprint density at radius 1 is 1.29 bits per heavy atom. The Morgan fingerprint density at radius 2 is 2.10 bits per heavy atom. The molecule has 1 aromatic carbocycles. The van der Waals surface area contributed by atoms with Crippen LogP contribution in [0.25, 0.3) is 0 Å². The molecular formula is C12H9F4N3OS. The normalized spacial score (nSPS) is 18.0. The fourth-order valence-corrected chi connectivity index (χ4v) is 2.74. The highest BCUT2D eigenvalue weighted by Crippen LogP contribution is 2.38. The van der Waals surface area contributed by atoms with Crippen molar-refractivity contribution in [2.24, 2.45) is 0 Å². The first kappa shape index (κ1) is 14.1. The molecule has 0 fully saturated rings. The fourth-order valence-electron chi connectivity index (χ4n) is 2.08. The van der Waals surface area contributed by atoms with E-state index in [9.17, 15) is 17.6 Å². The molecule has 112 valence electrons. The van der Waals surface area contributed by atoms with Crippen LogP contribution in [0.5, 0.6) is 5.75 Å². The first-order chi connectivity index (χ1) is 9.95. The highest BCUT2D eigenvalue weighted by Gasteiger charge is 2.36. The van der Waals surface area contributed by atoms with Crippen LogP contribution in [0.1, 0.15) is 23.0 Å². The van der Waals surface area contributed by atoms with Crippen molar-refractivity contribution >= 4 is 16.5 Å². The molecule has 2 aromatic rings. The zero-order valence-electron chi connectivity index (χ0n) is 10.4. The SMILES string of the molecule is Fc1cccc2c1OCC[C@@H]2Nc1nnc(C(F)(F)F)s1. The van der Waals surface area contributed by atoms with Crippen molar-refractivity contribution in [3.05, 3.63) is 34.6 Å². The molecule has 0 saturated carbocycles. The first-order valence-corrected chi connectivity index (χ1v) is 6.85. The Balaban J connectivity index is 1.84. The average molecular weight is 319 g/mol. The van der Waals surface area contributed by atoms with E-state index in [1.165, 1.54) is 12.1 Å². The molecular weight excluding hydrogens is 310 g/mol. The number of benzene rings is 1. The summed E-state index contributed by atoms with van der Waals surface area (Å²) in [6.45, 7) is 0.274. The van der Waals surface area contributed by atoms with Gasteiger partial charge < -0.3 is 10.1 Å². The number of alkyl halides is 3. The quantitative estimate of drug-likeness (QED) is 0.859. The Labute approximate surface area is 120 Å². The van der Waals surface area contributed by atoms with Crippen LogP contribution in [0, 0.1) is 5.82 Å². The second-order valence-corrected chi connectivity index (χ2v) is 5.38. The van der Waals surface area contributed by atoms with Crippen molar-refractivity contribution in [1.82, 2.24) is 10.2 Å². The van der Waals surface area contributed by atoms with Gasteiger partial charge in [-0.2, -0.15) is 13.2 Å². The van der Waals surface area contributed by atoms with Crippen molar-refractivity contribution in [1.29, 1.82) is 0 Å². The van der Waals surface area contributed by atoms with Crippen molar-refractivity contribution < 1.29 is 22.3 Å². The summed E-state index contributed by atoms with van der Waals surface area (Å²) in [5, 5.41) is 8.46. The summed E-state index contributed by atoms with van der Waals surface area (Å²) >= 11 is 0.419. The highest BCUT2D eigenvalue weighted by atomic mass is 32.1. The molecule has 2 heterocycles. The van der Waals surface area contributed by atoms with Gasteiger partial charge in [-0.15, -0.1) is 10.2 Å². The number of ether oxygens (including phenoxy) is 1. The largest absolute Gasteiger partial charge is 0.490 e. The molecule has 0 amide bonds. The van der Waals surface area contributed by atoms with Crippen LogP contribution in [0.2, 0.25) is 0 Å². The van der Waals surface area contributed by atoms with Crippen LogP contribution in [0.4, 0.5) is 22.7 Å². The molecule has 0 saturated heterocycles. The van der Waals surface area contributed by atoms with E-state index < -0.39 is 17.0 Å². The van der Waals surface area contributed by atoms with Gasteiger partial charge in [-0.25, -0.2) is 4.39 Å². The number of hydrogen-bond donors (Lipinski definition) is 1. The molecule has 1 aromatic heterocycles. The van der Waals surface area contributed by atoms with E-state index >= 15 is 0 Å². The third-order valence-corrected chi connectivity index (χ3v) is 3.89. The second-order valence-electron chi connectivity index (χ2n) is 4.40. The van der Waals surface area contributed by atoms with Gasteiger partial charge in [0.05, 0.1) is 12.6 Å². The standard InChI is InChI=1S/C12H9F4N3OS/c13-7-3-1-2-6-8(4-5-20-9(6)7)17-11-19-18-10(21-11)12(14,15)16/h1-3,8H,4-5H2,(H,17,19)/t8-/m0/s1. The molecule has 1 N–H and O–H groups in total. The van der Waals surface area contributed by atoms with E-state index in [0.29, 0.717) is 23.3 Å². The topological polar surface area (TPSA) is 47.0 Å². The van der Waals surface area contributed by atoms with E-state index in [-0.39, 0.29) is 23.5 Å². The van der Waals surface area contributed by atoms with Crippen LogP contribution in [-0.4, -0.2) is 16.8 Å². The van der Waals surface area contributed by atoms with Gasteiger partial charge >= 0.3 is 6.18 Å². The summed E-state index contributed by atoms with van der Waals surface area (Å²) in [5.74, 6) is -0.367. The van der Waals surface area contributed by atoms with Gasteiger partial charge in [-0.3, -0.25) is 0 Å². The van der Waals surface area contributed by atoms with Crippen LogP contribution in [-0.2, 0) is 6.18 Å². The highest BCUT2D eigenvalue weighted by molar-refractivity contribution is 7.15. The number of rotatable bonds is 2. The maximum atomic E-state index is 13.6. The Morgan fingerprint density at radius 3 is 2.81 bits per heavy atom. The summed E-state index contributed by atoms with van der Waals surface area (Å²) in [7, 11) is 0. The number of halogens is 4. The van der Waals surface area contributed by atoms with Crippen molar-refractivity contribution in [2.45, 2.75) is 18.6 Å². The maximum Gasteiger partial charge on any atom is 0.445 e. The summed E-state index contributed by atoms with van der Waals surface area (Å²) < 4.78 is 56.3. The van der Waals surface area contributed by atoms with Gasteiger partial charge in [-0.05, 0) is 6.07 Å². The third-order valence-electron chi connectivity index (χ3n) is 2.99. The second kappa shape index (κ2) is 5.14. The number of fused-ring (bicyclic) bond motifs is 1. The van der Waals surface area contributed by atoms with Crippen molar-refractivity contribution in [3.63, 3.8) is 0 Å². The fraction of sp³-hybridized carbons (Fsp3) is 0.333. The van der Waals surface area contributed by atoms with Gasteiger partial charge in [0.15, 0.2) is 11.6 Å². The molecule has 1 aliphatic rings. The summed E-state index contributed by atoms with van der Waals surface area (Å²) in [6.07, 6.45) is -4.02. The van der Waals surface area contributed by atoms with Gasteiger partial charge in [0, 0.05) is 12.0 Å². The predicted molar refractivity (Wildman–Crippen MR) is 67.8 cm³/mol. The molecule has 4 nitrogen and oxygen atoms in total. The average Bonchev–Trinajstić information content (AvgIpc) is 2.89. The van der Waals surface area contributed by atoms with Crippen LogP contribution in [0.15, 0.2) is 18.2 Å². The molecule has 9 heteroatoms. The molecule has 0 radical (unpaired) electrons. The number of nitrogens with one attached hydrogen (secondary N) is 1. The molecule has 0 bridgehead atoms. The van der Waals surface area contributed by atoms with E-state index in [4.69, 9.17) is 4.74 Å². The minimum absolute atomic E-state index is 0.0458. The zero-order valence-corrected chi connectivity index (χ0v) is 11.3. The summed E-state index contributed by atoms with van der Waals surface area (Å²) in [4.78, 5) is 0. The lowest BCUT2D eigenvalue weighted by molar-refractivity contribution is -0.138. The van der Waals surface area contributed by atoms with E-state index in [1.54, 1.807) is 6.07 Å². The summed E-state index contributed by atoms with van der Waals surface area (Å²) in [6, 6.07) is 4.10. The minimum Gasteiger partial charge on any atom is -0.490 e. The van der Waals surface area contributed by atoms with Gasteiger partial charge in [0.2, 0.25) is 10.1 Å². The van der Waals surface area contributed by atoms with Gasteiger partial charge in [0.1, 0.15) is 0 Å². The molecule has 21 heavy (non-hydrogen) atoms. The number of nitrogens with zero attached hydrogens (tertiary/aromatic N) is 2. The number of aromatic nitrogens is 2. The van der Waals surface area contributed by atoms with Crippen LogP contribution in [0.3, 0.4) is 0 Å². The smallest absolute Gasteiger partial charge is 0.445 e. The Kier molecular flexibility index (Phi) is 3.44. The molecule has 1 aliphatic heterocycles. The van der Waals surface area contributed by atoms with E-state index in [1.807, 2.05) is 0 Å². The van der Waals surface area contributed by atoms with Crippen molar-refractivity contribution in [3.8, 4) is 5.75 Å². The summed E-state index contributed by atoms with van der Waals surface area (Å²) in [5.41, 5.74) is 0.560. The minimum atomic E-state index is -4.52. The first-order valence-electron chi connectivity index (χ1n) is 6.03. The zero-order chi connectivity index (χ0) is 15.0. The molecule has 1 atom stereocenters. The lowest BCUT2D eigenvalue weighted by Gasteiger charge is -2.26. The van der Waals surface area contributed by atoms with Crippen LogP contribution >= 0.6 is 11.3 Å². The molecule has 0 unspecified atom stereocenters. The lowest BCUT2D eigenvalue weighted by Crippen LogP contribution is -2.21. The number of hydrogen-bond acceptors (Lipinski definition) is 5.